The molecule has 2 saturated heterocycles. The van der Waals surface area contributed by atoms with Gasteiger partial charge in [-0.1, -0.05) is 30.3 Å². The summed E-state index contributed by atoms with van der Waals surface area (Å²) in [6, 6.07) is 11.2. The van der Waals surface area contributed by atoms with Crippen molar-refractivity contribution in [3.8, 4) is 0 Å². The summed E-state index contributed by atoms with van der Waals surface area (Å²) in [4.78, 5) is 0. The Hall–Kier alpha value is 0.620. The summed E-state index contributed by atoms with van der Waals surface area (Å²) in [5.41, 5.74) is 1.54. The smallest absolute Gasteiger partial charge is 0.0878 e. The summed E-state index contributed by atoms with van der Waals surface area (Å²) in [7, 11) is 0. The first kappa shape index (κ1) is 14.6. The minimum atomic E-state index is 0.321. The van der Waals surface area contributed by atoms with Gasteiger partial charge in [-0.3, -0.25) is 0 Å². The lowest BCUT2D eigenvalue weighted by Crippen LogP contribution is -2.27. The molecule has 1 aromatic rings. The normalized spacial score (nSPS) is 24.2. The highest BCUT2D eigenvalue weighted by molar-refractivity contribution is 8.19. The van der Waals surface area contributed by atoms with Crippen LogP contribution < -0.4 is 0 Å². The van der Waals surface area contributed by atoms with Gasteiger partial charge >= 0.3 is 0 Å². The van der Waals surface area contributed by atoms with Gasteiger partial charge in [-0.05, 0) is 47.8 Å². The molecule has 0 nitrogen and oxygen atoms in total. The van der Waals surface area contributed by atoms with E-state index in [9.17, 15) is 0 Å². The molecule has 0 saturated carbocycles. The van der Waals surface area contributed by atoms with Gasteiger partial charge in [0.1, 0.15) is 0 Å². The molecule has 4 heteroatoms. The maximum atomic E-state index is 2.34. The van der Waals surface area contributed by atoms with E-state index in [-0.39, 0.29) is 0 Å². The standard InChI is InChI=1S/C15H20S4/c1-2-6-13(7-3-1)15(18-10-5-11-19-15)12-14-16-8-4-9-17-14/h1-3,6-7,14H,4-5,8-12H2. The molecule has 104 valence electrons. The van der Waals surface area contributed by atoms with E-state index >= 15 is 0 Å². The van der Waals surface area contributed by atoms with Crippen LogP contribution in [0, 0.1) is 0 Å². The monoisotopic (exact) mass is 328 g/mol. The molecule has 0 radical (unpaired) electrons. The highest BCUT2D eigenvalue weighted by Gasteiger charge is 2.38. The van der Waals surface area contributed by atoms with Gasteiger partial charge in [0.25, 0.3) is 0 Å². The molecule has 2 aliphatic heterocycles. The maximum Gasteiger partial charge on any atom is 0.0878 e. The van der Waals surface area contributed by atoms with E-state index in [1.54, 1.807) is 0 Å². The van der Waals surface area contributed by atoms with Crippen LogP contribution in [-0.4, -0.2) is 27.6 Å². The first-order valence-electron chi connectivity index (χ1n) is 6.96. The third kappa shape index (κ3) is 3.63. The third-order valence-electron chi connectivity index (χ3n) is 3.50. The van der Waals surface area contributed by atoms with Crippen LogP contribution in [0.3, 0.4) is 0 Å². The first-order valence-corrected chi connectivity index (χ1v) is 11.0. The van der Waals surface area contributed by atoms with E-state index in [2.05, 4.69) is 77.4 Å². The van der Waals surface area contributed by atoms with Gasteiger partial charge in [0.2, 0.25) is 0 Å². The van der Waals surface area contributed by atoms with Crippen LogP contribution in [0.5, 0.6) is 0 Å². The van der Waals surface area contributed by atoms with Crippen LogP contribution in [0.4, 0.5) is 0 Å². The Kier molecular flexibility index (Phi) is 5.41. The zero-order valence-corrected chi connectivity index (χ0v) is 14.3. The molecular formula is C15H20S4. The highest BCUT2D eigenvalue weighted by Crippen LogP contribution is 2.55. The first-order chi connectivity index (χ1) is 9.39. The minimum Gasteiger partial charge on any atom is -0.148 e. The molecule has 0 amide bonds. The molecule has 2 fully saturated rings. The highest BCUT2D eigenvalue weighted by atomic mass is 32.2. The Morgan fingerprint density at radius 2 is 1.53 bits per heavy atom. The van der Waals surface area contributed by atoms with Gasteiger partial charge in [0.15, 0.2) is 0 Å². The average molecular weight is 329 g/mol. The summed E-state index contributed by atoms with van der Waals surface area (Å²) in [6.45, 7) is 0. The summed E-state index contributed by atoms with van der Waals surface area (Å²) in [5.74, 6) is 5.36. The van der Waals surface area contributed by atoms with Crippen molar-refractivity contribution in [1.82, 2.24) is 0 Å². The average Bonchev–Trinajstić information content (AvgIpc) is 2.50. The van der Waals surface area contributed by atoms with E-state index in [4.69, 9.17) is 0 Å². The predicted molar refractivity (Wildman–Crippen MR) is 95.6 cm³/mol. The second-order valence-corrected chi connectivity index (χ2v) is 10.9. The van der Waals surface area contributed by atoms with Gasteiger partial charge in [-0.15, -0.1) is 47.0 Å². The Morgan fingerprint density at radius 1 is 0.895 bits per heavy atom. The molecule has 19 heavy (non-hydrogen) atoms. The largest absolute Gasteiger partial charge is 0.148 e. The summed E-state index contributed by atoms with van der Waals surface area (Å²) >= 11 is 8.76. The molecule has 0 aliphatic carbocycles. The van der Waals surface area contributed by atoms with Gasteiger partial charge in [0, 0.05) is 0 Å². The van der Waals surface area contributed by atoms with Crippen molar-refractivity contribution in [2.24, 2.45) is 0 Å². The van der Waals surface area contributed by atoms with Crippen molar-refractivity contribution in [3.05, 3.63) is 35.9 Å². The molecule has 0 bridgehead atoms. The van der Waals surface area contributed by atoms with Crippen molar-refractivity contribution in [2.75, 3.05) is 23.0 Å². The van der Waals surface area contributed by atoms with Gasteiger partial charge < -0.3 is 0 Å². The van der Waals surface area contributed by atoms with Crippen LogP contribution in [-0.2, 0) is 4.08 Å². The summed E-state index contributed by atoms with van der Waals surface area (Å²) in [5, 5.41) is 0. The van der Waals surface area contributed by atoms with Crippen LogP contribution in [0.1, 0.15) is 24.8 Å². The zero-order valence-electron chi connectivity index (χ0n) is 11.0. The van der Waals surface area contributed by atoms with Gasteiger partial charge in [-0.25, -0.2) is 0 Å². The van der Waals surface area contributed by atoms with Gasteiger partial charge in [0.05, 0.1) is 8.66 Å². The molecule has 0 unspecified atom stereocenters. The SMILES string of the molecule is c1ccc(C2(CC3SCCCS3)SCCCS2)cc1. The van der Waals surface area contributed by atoms with E-state index < -0.39 is 0 Å². The Balaban J connectivity index is 1.79. The fraction of sp³-hybridized carbons (Fsp3) is 0.600. The van der Waals surface area contributed by atoms with Crippen LogP contribution in [0.25, 0.3) is 0 Å². The summed E-state index contributed by atoms with van der Waals surface area (Å²) < 4.78 is 1.12. The van der Waals surface area contributed by atoms with Gasteiger partial charge in [-0.2, -0.15) is 0 Å². The Morgan fingerprint density at radius 3 is 2.21 bits per heavy atom. The maximum absolute atomic E-state index is 2.34. The van der Waals surface area contributed by atoms with E-state index in [0.29, 0.717) is 4.08 Å². The number of hydrogen-bond donors (Lipinski definition) is 0. The minimum absolute atomic E-state index is 0.321. The number of thioether (sulfide) groups is 4. The van der Waals surface area contributed by atoms with Crippen molar-refractivity contribution in [1.29, 1.82) is 0 Å². The fourth-order valence-corrected chi connectivity index (χ4v) is 9.42. The second-order valence-electron chi connectivity index (χ2n) is 4.90. The molecule has 1 aromatic carbocycles. The lowest BCUT2D eigenvalue weighted by molar-refractivity contribution is 0.801. The molecule has 2 heterocycles. The summed E-state index contributed by atoms with van der Waals surface area (Å²) in [6.07, 6.45) is 4.08. The molecule has 0 N–H and O–H groups in total. The Bertz CT molecular complexity index is 380. The lowest BCUT2D eigenvalue weighted by atomic mass is 10.1. The number of rotatable bonds is 3. The van der Waals surface area contributed by atoms with E-state index in [1.165, 1.54) is 47.8 Å². The number of hydrogen-bond acceptors (Lipinski definition) is 4. The van der Waals surface area contributed by atoms with E-state index in [1.807, 2.05) is 0 Å². The van der Waals surface area contributed by atoms with Crippen molar-refractivity contribution in [2.45, 2.75) is 27.9 Å². The second kappa shape index (κ2) is 7.06. The van der Waals surface area contributed by atoms with Crippen LogP contribution >= 0.6 is 47.0 Å². The quantitative estimate of drug-likeness (QED) is 0.738. The molecule has 0 spiro atoms. The zero-order chi connectivity index (χ0) is 13.0. The van der Waals surface area contributed by atoms with Crippen molar-refractivity contribution in [3.63, 3.8) is 0 Å². The molecule has 3 rings (SSSR count). The molecular weight excluding hydrogens is 308 g/mol. The third-order valence-corrected chi connectivity index (χ3v) is 9.88. The molecule has 0 atom stereocenters. The number of benzene rings is 1. The van der Waals surface area contributed by atoms with E-state index in [0.717, 1.165) is 4.58 Å². The fourth-order valence-electron chi connectivity index (χ4n) is 2.54. The topological polar surface area (TPSA) is 0 Å². The van der Waals surface area contributed by atoms with Crippen molar-refractivity contribution >= 4 is 47.0 Å². The lowest BCUT2D eigenvalue weighted by Gasteiger charge is -2.39. The van der Waals surface area contributed by atoms with Crippen LogP contribution in [0.2, 0.25) is 0 Å². The van der Waals surface area contributed by atoms with Crippen LogP contribution in [0.15, 0.2) is 30.3 Å². The molecule has 2 aliphatic rings. The molecule has 0 aromatic heterocycles. The predicted octanol–water partition coefficient (Wildman–Crippen LogP) is 5.30. The van der Waals surface area contributed by atoms with Crippen molar-refractivity contribution < 1.29 is 0 Å². The Labute approximate surface area is 133 Å².